The van der Waals surface area contributed by atoms with Crippen molar-refractivity contribution in [3.8, 4) is 6.07 Å². The smallest absolute Gasteiger partial charge is 0.267 e. The van der Waals surface area contributed by atoms with Crippen LogP contribution in [0.1, 0.15) is 25.0 Å². The minimum Gasteiger partial charge on any atom is -0.360 e. The van der Waals surface area contributed by atoms with E-state index in [0.717, 1.165) is 29.7 Å². The largest absolute Gasteiger partial charge is 0.360 e. The normalized spacial score (nSPS) is 11.0. The molecule has 134 valence electrons. The number of hydrogen-bond donors (Lipinski definition) is 2. The summed E-state index contributed by atoms with van der Waals surface area (Å²) < 4.78 is 0. The van der Waals surface area contributed by atoms with E-state index in [0.29, 0.717) is 10.7 Å². The number of amides is 1. The second kappa shape index (κ2) is 9.28. The number of anilines is 2. The fourth-order valence-corrected chi connectivity index (χ4v) is 2.86. The lowest BCUT2D eigenvalue weighted by Gasteiger charge is -2.13. The zero-order valence-electron chi connectivity index (χ0n) is 14.6. The van der Waals surface area contributed by atoms with Crippen LogP contribution in [0.2, 0.25) is 10.0 Å². The van der Waals surface area contributed by atoms with Gasteiger partial charge in [-0.25, -0.2) is 0 Å². The van der Waals surface area contributed by atoms with Crippen LogP contribution in [0.5, 0.6) is 0 Å². The van der Waals surface area contributed by atoms with Crippen molar-refractivity contribution in [1.82, 2.24) is 0 Å². The number of carbonyl (C=O) groups is 1. The fourth-order valence-electron chi connectivity index (χ4n) is 2.51. The maximum atomic E-state index is 12.4. The first-order valence-corrected chi connectivity index (χ1v) is 9.00. The van der Waals surface area contributed by atoms with Crippen molar-refractivity contribution in [3.63, 3.8) is 0 Å². The predicted molar refractivity (Wildman–Crippen MR) is 108 cm³/mol. The Balaban J connectivity index is 2.25. The van der Waals surface area contributed by atoms with Gasteiger partial charge in [0.15, 0.2) is 0 Å². The van der Waals surface area contributed by atoms with E-state index in [2.05, 4.69) is 24.5 Å². The first-order chi connectivity index (χ1) is 12.5. The van der Waals surface area contributed by atoms with Gasteiger partial charge in [-0.2, -0.15) is 5.26 Å². The van der Waals surface area contributed by atoms with Gasteiger partial charge in [0, 0.05) is 11.9 Å². The average molecular weight is 388 g/mol. The van der Waals surface area contributed by atoms with E-state index >= 15 is 0 Å². The molecular formula is C20H19Cl2N3O. The van der Waals surface area contributed by atoms with Crippen LogP contribution in [-0.4, -0.2) is 5.91 Å². The molecule has 0 aliphatic heterocycles. The number of para-hydroxylation sites is 1. The summed E-state index contributed by atoms with van der Waals surface area (Å²) in [6, 6.07) is 12.9. The number of benzene rings is 2. The first kappa shape index (κ1) is 19.8. The number of nitriles is 1. The van der Waals surface area contributed by atoms with E-state index in [1.54, 1.807) is 18.2 Å². The molecule has 0 heterocycles. The molecule has 0 atom stereocenters. The highest BCUT2D eigenvalue weighted by molar-refractivity contribution is 6.44. The molecule has 0 unspecified atom stereocenters. The van der Waals surface area contributed by atoms with Crippen LogP contribution in [0.15, 0.2) is 48.2 Å². The summed E-state index contributed by atoms with van der Waals surface area (Å²) in [5.74, 6) is -0.559. The molecule has 0 saturated heterocycles. The Morgan fingerprint density at radius 1 is 1.12 bits per heavy atom. The number of nitrogens with one attached hydrogen (secondary N) is 2. The number of carbonyl (C=O) groups excluding carboxylic acids is 1. The van der Waals surface area contributed by atoms with Crippen molar-refractivity contribution in [2.45, 2.75) is 26.7 Å². The van der Waals surface area contributed by atoms with Gasteiger partial charge in [-0.1, -0.05) is 61.3 Å². The fraction of sp³-hybridized carbons (Fsp3) is 0.200. The van der Waals surface area contributed by atoms with Crippen LogP contribution in [0.4, 0.5) is 11.4 Å². The molecule has 0 spiro atoms. The van der Waals surface area contributed by atoms with Gasteiger partial charge in [-0.05, 0) is 36.1 Å². The third kappa shape index (κ3) is 4.57. The van der Waals surface area contributed by atoms with E-state index in [1.807, 2.05) is 24.3 Å². The molecule has 0 saturated carbocycles. The van der Waals surface area contributed by atoms with Crippen LogP contribution >= 0.6 is 23.2 Å². The van der Waals surface area contributed by atoms with Crippen LogP contribution in [0.25, 0.3) is 0 Å². The molecule has 2 rings (SSSR count). The van der Waals surface area contributed by atoms with E-state index in [9.17, 15) is 10.1 Å². The summed E-state index contributed by atoms with van der Waals surface area (Å²) in [6.45, 7) is 4.12. The van der Waals surface area contributed by atoms with Crippen LogP contribution in [-0.2, 0) is 17.6 Å². The molecule has 2 N–H and O–H groups in total. The molecule has 2 aromatic rings. The van der Waals surface area contributed by atoms with Gasteiger partial charge in [0.25, 0.3) is 5.91 Å². The highest BCUT2D eigenvalue weighted by atomic mass is 35.5. The lowest BCUT2D eigenvalue weighted by molar-refractivity contribution is -0.112. The summed E-state index contributed by atoms with van der Waals surface area (Å²) in [4.78, 5) is 12.4. The number of aryl methyl sites for hydroxylation is 2. The Morgan fingerprint density at radius 3 is 2.31 bits per heavy atom. The van der Waals surface area contributed by atoms with E-state index in [1.165, 1.54) is 6.20 Å². The molecule has 0 bridgehead atoms. The van der Waals surface area contributed by atoms with Crippen molar-refractivity contribution in [3.05, 3.63) is 69.3 Å². The van der Waals surface area contributed by atoms with Crippen LogP contribution < -0.4 is 10.6 Å². The zero-order chi connectivity index (χ0) is 19.1. The van der Waals surface area contributed by atoms with Gasteiger partial charge in [0.05, 0.1) is 15.7 Å². The standard InChI is InChI=1S/C20H19Cl2N3O/c1-3-13-7-5-8-14(4-2)19(13)24-12-15(11-23)20(26)25-17-10-6-9-16(21)18(17)22/h5-10,12,24H,3-4H2,1-2H3,(H,25,26)/b15-12-. The molecule has 6 heteroatoms. The van der Waals surface area contributed by atoms with Crippen molar-refractivity contribution >= 4 is 40.5 Å². The van der Waals surface area contributed by atoms with Crippen molar-refractivity contribution in [2.24, 2.45) is 0 Å². The monoisotopic (exact) mass is 387 g/mol. The molecule has 0 aromatic heterocycles. The van der Waals surface area contributed by atoms with Gasteiger partial charge >= 0.3 is 0 Å². The van der Waals surface area contributed by atoms with Crippen molar-refractivity contribution in [1.29, 1.82) is 5.26 Å². The Morgan fingerprint density at radius 2 is 1.73 bits per heavy atom. The summed E-state index contributed by atoms with van der Waals surface area (Å²) in [5.41, 5.74) is 3.47. The number of halogens is 2. The molecular weight excluding hydrogens is 369 g/mol. The van der Waals surface area contributed by atoms with E-state index in [4.69, 9.17) is 23.2 Å². The minimum absolute atomic E-state index is 0.0611. The lowest BCUT2D eigenvalue weighted by Crippen LogP contribution is -2.15. The first-order valence-electron chi connectivity index (χ1n) is 8.24. The summed E-state index contributed by atoms with van der Waals surface area (Å²) >= 11 is 12.0. The third-order valence-electron chi connectivity index (χ3n) is 3.92. The summed E-state index contributed by atoms with van der Waals surface area (Å²) in [6.07, 6.45) is 3.11. The highest BCUT2D eigenvalue weighted by Gasteiger charge is 2.13. The van der Waals surface area contributed by atoms with Gasteiger partial charge in [0.1, 0.15) is 11.6 Å². The SMILES string of the molecule is CCc1cccc(CC)c1N/C=C(/C#N)C(=O)Nc1cccc(Cl)c1Cl. The zero-order valence-corrected chi connectivity index (χ0v) is 16.1. The van der Waals surface area contributed by atoms with E-state index in [-0.39, 0.29) is 10.6 Å². The quantitative estimate of drug-likeness (QED) is 0.502. The Hall–Kier alpha value is -2.48. The van der Waals surface area contributed by atoms with Crippen molar-refractivity contribution in [2.75, 3.05) is 10.6 Å². The van der Waals surface area contributed by atoms with Crippen LogP contribution in [0.3, 0.4) is 0 Å². The lowest BCUT2D eigenvalue weighted by atomic mass is 10.0. The molecule has 0 aliphatic rings. The maximum Gasteiger partial charge on any atom is 0.267 e. The second-order valence-electron chi connectivity index (χ2n) is 5.53. The topological polar surface area (TPSA) is 64.9 Å². The van der Waals surface area contributed by atoms with Crippen molar-refractivity contribution < 1.29 is 4.79 Å². The Kier molecular flexibility index (Phi) is 7.08. The molecule has 26 heavy (non-hydrogen) atoms. The summed E-state index contributed by atoms with van der Waals surface area (Å²) in [5, 5.41) is 15.6. The second-order valence-corrected chi connectivity index (χ2v) is 6.31. The minimum atomic E-state index is -0.559. The summed E-state index contributed by atoms with van der Waals surface area (Å²) in [7, 11) is 0. The number of hydrogen-bond acceptors (Lipinski definition) is 3. The molecule has 0 aliphatic carbocycles. The van der Waals surface area contributed by atoms with Gasteiger partial charge in [-0.15, -0.1) is 0 Å². The molecule has 0 radical (unpaired) electrons. The molecule has 0 fully saturated rings. The molecule has 1 amide bonds. The Bertz CT molecular complexity index is 863. The van der Waals surface area contributed by atoms with Gasteiger partial charge < -0.3 is 10.6 Å². The number of nitrogens with zero attached hydrogens (tertiary/aromatic N) is 1. The predicted octanol–water partition coefficient (Wildman–Crippen LogP) is 5.58. The Labute approximate surface area is 163 Å². The maximum absolute atomic E-state index is 12.4. The highest BCUT2D eigenvalue weighted by Crippen LogP contribution is 2.29. The van der Waals surface area contributed by atoms with Gasteiger partial charge in [-0.3, -0.25) is 4.79 Å². The molecule has 4 nitrogen and oxygen atoms in total. The average Bonchev–Trinajstić information content (AvgIpc) is 2.65. The van der Waals surface area contributed by atoms with Crippen LogP contribution in [0, 0.1) is 11.3 Å². The third-order valence-corrected chi connectivity index (χ3v) is 4.74. The van der Waals surface area contributed by atoms with E-state index < -0.39 is 5.91 Å². The molecule has 2 aromatic carbocycles. The van der Waals surface area contributed by atoms with Gasteiger partial charge in [0.2, 0.25) is 0 Å². The number of rotatable bonds is 6.